The van der Waals surface area contributed by atoms with E-state index in [1.165, 1.54) is 39.5 Å². The molecule has 8 nitrogen and oxygen atoms in total. The van der Waals surface area contributed by atoms with Crippen molar-refractivity contribution in [3.05, 3.63) is 82.3 Å². The van der Waals surface area contributed by atoms with Crippen LogP contribution in [0.2, 0.25) is 5.02 Å². The molecule has 0 N–H and O–H groups in total. The van der Waals surface area contributed by atoms with Gasteiger partial charge in [0.1, 0.15) is 22.8 Å². The lowest BCUT2D eigenvalue weighted by Crippen LogP contribution is -2.07. The largest absolute Gasteiger partial charge is 0.496 e. The Morgan fingerprint density at radius 3 is 2.39 bits per heavy atom. The van der Waals surface area contributed by atoms with Gasteiger partial charge in [-0.3, -0.25) is 4.79 Å². The number of furan rings is 1. The van der Waals surface area contributed by atoms with E-state index in [1.54, 1.807) is 42.5 Å². The number of ether oxygens (including phenoxy) is 5. The van der Waals surface area contributed by atoms with E-state index in [0.29, 0.717) is 44.4 Å². The molecule has 182 valence electrons. The van der Waals surface area contributed by atoms with Gasteiger partial charge in [-0.05, 0) is 48.5 Å². The summed E-state index contributed by atoms with van der Waals surface area (Å²) in [5.41, 5.74) is 1.40. The van der Waals surface area contributed by atoms with Gasteiger partial charge in [-0.2, -0.15) is 0 Å². The summed E-state index contributed by atoms with van der Waals surface area (Å²) < 4.78 is 32.8. The predicted molar refractivity (Wildman–Crippen MR) is 132 cm³/mol. The summed E-state index contributed by atoms with van der Waals surface area (Å²) in [4.78, 5) is 25.6. The third-order valence-electron chi connectivity index (χ3n) is 5.55. The number of allylic oxidation sites excluding steroid dienone is 1. The Labute approximate surface area is 210 Å². The van der Waals surface area contributed by atoms with Gasteiger partial charge in [0.05, 0.1) is 26.9 Å². The summed E-state index contributed by atoms with van der Waals surface area (Å²) in [6.07, 6.45) is 1.55. The zero-order chi connectivity index (χ0) is 25.4. The standard InChI is InChI=1S/C27H19ClO8/c1-31-20-13-23(33-3)22(32-2)9-15(20)10-24-26(29)18-6-5-17(12-21(18)36-24)34-27(30)25-11-14-8-16(28)4-7-19(14)35-25/h4-13H,1-3H3/b24-10-. The SMILES string of the molecule is COc1cc(OC)c(OC)cc1/C=C1\Oc2cc(OC(=O)c3cc4cc(Cl)ccc4o3)ccc2C1=O. The van der Waals surface area contributed by atoms with Crippen LogP contribution in [-0.4, -0.2) is 33.1 Å². The van der Waals surface area contributed by atoms with Gasteiger partial charge in [0, 0.05) is 28.1 Å². The fourth-order valence-corrected chi connectivity index (χ4v) is 3.99. The predicted octanol–water partition coefficient (Wildman–Crippen LogP) is 5.95. The van der Waals surface area contributed by atoms with Crippen molar-refractivity contribution < 1.29 is 37.7 Å². The van der Waals surface area contributed by atoms with Crippen LogP contribution in [0.5, 0.6) is 28.7 Å². The van der Waals surface area contributed by atoms with E-state index < -0.39 is 5.97 Å². The minimum atomic E-state index is -0.697. The van der Waals surface area contributed by atoms with Crippen molar-refractivity contribution in [3.8, 4) is 28.7 Å². The second-order valence-electron chi connectivity index (χ2n) is 7.73. The van der Waals surface area contributed by atoms with Gasteiger partial charge >= 0.3 is 5.97 Å². The minimum absolute atomic E-state index is 0.0193. The average molecular weight is 507 g/mol. The normalized spacial score (nSPS) is 13.4. The highest BCUT2D eigenvalue weighted by atomic mass is 35.5. The molecule has 3 aromatic carbocycles. The van der Waals surface area contributed by atoms with Gasteiger partial charge in [0.15, 0.2) is 17.3 Å². The smallest absolute Gasteiger partial charge is 0.379 e. The summed E-state index contributed by atoms with van der Waals surface area (Å²) >= 11 is 5.99. The van der Waals surface area contributed by atoms with Crippen LogP contribution in [0.15, 0.2) is 64.8 Å². The molecule has 36 heavy (non-hydrogen) atoms. The fraction of sp³-hybridized carbons (Fsp3) is 0.111. The number of Topliss-reactive ketones (excluding diaryl/α,β-unsaturated/α-hetero) is 1. The maximum atomic E-state index is 12.9. The third-order valence-corrected chi connectivity index (χ3v) is 5.79. The lowest BCUT2D eigenvalue weighted by molar-refractivity contribution is 0.0703. The molecule has 1 aliphatic rings. The van der Waals surface area contributed by atoms with Gasteiger partial charge in [0.2, 0.25) is 11.5 Å². The molecule has 0 fully saturated rings. The highest BCUT2D eigenvalue weighted by molar-refractivity contribution is 6.31. The van der Waals surface area contributed by atoms with Crippen molar-refractivity contribution in [3.63, 3.8) is 0 Å². The van der Waals surface area contributed by atoms with Gasteiger partial charge < -0.3 is 28.1 Å². The first-order valence-corrected chi connectivity index (χ1v) is 11.1. The van der Waals surface area contributed by atoms with Crippen molar-refractivity contribution in [2.45, 2.75) is 0 Å². The van der Waals surface area contributed by atoms with E-state index in [4.69, 9.17) is 39.7 Å². The molecule has 1 aliphatic heterocycles. The Kier molecular flexibility index (Phi) is 6.03. The summed E-state index contributed by atoms with van der Waals surface area (Å²) in [7, 11) is 4.54. The number of carbonyl (C=O) groups excluding carboxylic acids is 2. The van der Waals surface area contributed by atoms with E-state index in [1.807, 2.05) is 0 Å². The molecule has 0 saturated heterocycles. The van der Waals surface area contributed by atoms with E-state index in [2.05, 4.69) is 0 Å². The molecule has 0 radical (unpaired) electrons. The second-order valence-corrected chi connectivity index (χ2v) is 8.17. The topological polar surface area (TPSA) is 93.4 Å². The number of esters is 1. The number of ketones is 1. The molecule has 0 aliphatic carbocycles. The van der Waals surface area contributed by atoms with Crippen molar-refractivity contribution in [1.29, 1.82) is 0 Å². The number of hydrogen-bond acceptors (Lipinski definition) is 8. The molecule has 0 unspecified atom stereocenters. The maximum Gasteiger partial charge on any atom is 0.379 e. The van der Waals surface area contributed by atoms with E-state index in [9.17, 15) is 9.59 Å². The minimum Gasteiger partial charge on any atom is -0.496 e. The van der Waals surface area contributed by atoms with Crippen LogP contribution < -0.4 is 23.7 Å². The van der Waals surface area contributed by atoms with Crippen molar-refractivity contribution in [1.82, 2.24) is 0 Å². The Bertz CT molecular complexity index is 1550. The van der Waals surface area contributed by atoms with Crippen LogP contribution in [-0.2, 0) is 0 Å². The van der Waals surface area contributed by atoms with Gasteiger partial charge in [-0.15, -0.1) is 0 Å². The van der Waals surface area contributed by atoms with Crippen LogP contribution in [0.25, 0.3) is 17.0 Å². The first kappa shape index (κ1) is 23.3. The van der Waals surface area contributed by atoms with Gasteiger partial charge in [-0.25, -0.2) is 4.79 Å². The molecule has 0 saturated carbocycles. The van der Waals surface area contributed by atoms with Gasteiger partial charge in [-0.1, -0.05) is 11.6 Å². The molecular formula is C27H19ClO8. The number of rotatable bonds is 6. The summed E-state index contributed by atoms with van der Waals surface area (Å²) in [6.45, 7) is 0. The highest BCUT2D eigenvalue weighted by Gasteiger charge is 2.29. The number of halogens is 1. The zero-order valence-corrected chi connectivity index (χ0v) is 20.2. The van der Waals surface area contributed by atoms with Crippen molar-refractivity contribution in [2.24, 2.45) is 0 Å². The van der Waals surface area contributed by atoms with Gasteiger partial charge in [0.25, 0.3) is 0 Å². The number of carbonyl (C=O) groups is 2. The Morgan fingerprint density at radius 1 is 0.889 bits per heavy atom. The maximum absolute atomic E-state index is 12.9. The lowest BCUT2D eigenvalue weighted by Gasteiger charge is -2.12. The Balaban J connectivity index is 1.39. The number of fused-ring (bicyclic) bond motifs is 2. The van der Waals surface area contributed by atoms with Crippen LogP contribution >= 0.6 is 11.6 Å². The molecule has 2 heterocycles. The molecule has 1 aromatic heterocycles. The van der Waals surface area contributed by atoms with Crippen LogP contribution in [0.3, 0.4) is 0 Å². The van der Waals surface area contributed by atoms with Crippen molar-refractivity contribution in [2.75, 3.05) is 21.3 Å². The second kappa shape index (κ2) is 9.31. The number of methoxy groups -OCH3 is 3. The monoisotopic (exact) mass is 506 g/mol. The summed E-state index contributed by atoms with van der Waals surface area (Å²) in [5.74, 6) is 0.939. The Morgan fingerprint density at radius 2 is 1.64 bits per heavy atom. The molecule has 0 atom stereocenters. The molecular weight excluding hydrogens is 488 g/mol. The molecule has 5 rings (SSSR count). The summed E-state index contributed by atoms with van der Waals surface area (Å²) in [6, 6.07) is 14.4. The molecule has 0 bridgehead atoms. The fourth-order valence-electron chi connectivity index (χ4n) is 3.81. The highest BCUT2D eigenvalue weighted by Crippen LogP contribution is 2.39. The zero-order valence-electron chi connectivity index (χ0n) is 19.4. The Hall–Kier alpha value is -4.43. The first-order valence-electron chi connectivity index (χ1n) is 10.7. The van der Waals surface area contributed by atoms with Crippen LogP contribution in [0, 0.1) is 0 Å². The third kappa shape index (κ3) is 4.23. The van der Waals surface area contributed by atoms with Crippen LogP contribution in [0.1, 0.15) is 26.5 Å². The van der Waals surface area contributed by atoms with Crippen molar-refractivity contribution >= 4 is 40.4 Å². The molecule has 4 aromatic rings. The van der Waals surface area contributed by atoms with E-state index in [0.717, 1.165) is 0 Å². The quantitative estimate of drug-likeness (QED) is 0.180. The lowest BCUT2D eigenvalue weighted by atomic mass is 10.1. The average Bonchev–Trinajstić information content (AvgIpc) is 3.44. The molecule has 9 heteroatoms. The number of benzene rings is 3. The van der Waals surface area contributed by atoms with E-state index in [-0.39, 0.29) is 28.8 Å². The van der Waals surface area contributed by atoms with E-state index >= 15 is 0 Å². The number of hydrogen-bond donors (Lipinski definition) is 0. The first-order chi connectivity index (χ1) is 17.4. The molecule has 0 spiro atoms. The molecule has 0 amide bonds. The van der Waals surface area contributed by atoms with Crippen LogP contribution in [0.4, 0.5) is 0 Å². The summed E-state index contributed by atoms with van der Waals surface area (Å²) in [5, 5.41) is 1.20.